The van der Waals surface area contributed by atoms with Crippen molar-refractivity contribution in [3.05, 3.63) is 174 Å². The Morgan fingerprint density at radius 2 is 1.12 bits per heavy atom. The van der Waals surface area contributed by atoms with Gasteiger partial charge in [0, 0.05) is 138 Å². The Labute approximate surface area is 624 Å². The molecule has 4 unspecified atom stereocenters. The van der Waals surface area contributed by atoms with Crippen LogP contribution in [-0.2, 0) is 15.8 Å². The number of urea groups is 2. The van der Waals surface area contributed by atoms with Gasteiger partial charge in [0.25, 0.3) is 11.8 Å². The van der Waals surface area contributed by atoms with E-state index in [1.54, 1.807) is 41.4 Å². The maximum absolute atomic E-state index is 14.4. The van der Waals surface area contributed by atoms with E-state index < -0.39 is 47.0 Å². The number of methoxy groups -OCH3 is 2. The summed E-state index contributed by atoms with van der Waals surface area (Å²) in [6, 6.07) is 24.6. The number of alkyl halides is 3. The first-order valence-corrected chi connectivity index (χ1v) is 37.2. The Hall–Kier alpha value is -11.4. The molecule has 2 aliphatic carbocycles. The number of nitrogens with one attached hydrogen (secondary N) is 4. The molecule has 0 bridgehead atoms. The van der Waals surface area contributed by atoms with Crippen LogP contribution in [0.2, 0.25) is 0 Å². The first-order chi connectivity index (χ1) is 52.8. The molecule has 28 heteroatoms. The summed E-state index contributed by atoms with van der Waals surface area (Å²) in [7, 11) is 2.96. The number of likely N-dealkylation sites (tertiary alicyclic amines) is 2. The van der Waals surface area contributed by atoms with Crippen LogP contribution in [-0.4, -0.2) is 146 Å². The topological polar surface area (TPSA) is 280 Å². The van der Waals surface area contributed by atoms with Crippen molar-refractivity contribution in [1.82, 2.24) is 54.9 Å². The van der Waals surface area contributed by atoms with Crippen LogP contribution in [0.15, 0.2) is 135 Å². The van der Waals surface area contributed by atoms with Gasteiger partial charge in [-0.25, -0.2) is 14.0 Å². The zero-order valence-corrected chi connectivity index (χ0v) is 60.1. The van der Waals surface area contributed by atoms with Crippen LogP contribution in [0, 0.1) is 29.0 Å². The van der Waals surface area contributed by atoms with Gasteiger partial charge in [-0.2, -0.15) is 28.6 Å². The molecule has 4 saturated heterocycles. The van der Waals surface area contributed by atoms with Crippen molar-refractivity contribution < 1.29 is 55.8 Å². The van der Waals surface area contributed by atoms with Crippen LogP contribution < -0.4 is 40.5 Å². The highest BCUT2D eigenvalue weighted by Gasteiger charge is 2.44. The van der Waals surface area contributed by atoms with Gasteiger partial charge in [0.1, 0.15) is 23.4 Å². The summed E-state index contributed by atoms with van der Waals surface area (Å²) in [6.07, 6.45) is 20.3. The molecule has 5 aromatic heterocycles. The van der Waals surface area contributed by atoms with Crippen molar-refractivity contribution in [2.45, 2.75) is 132 Å². The Morgan fingerprint density at radius 1 is 0.569 bits per heavy atom. The molecule has 0 spiro atoms. The molecule has 10 aromatic rings. The number of pyridine rings is 3. The molecule has 6 aliphatic rings. The number of hydrogen-bond acceptors (Lipinski definition) is 16. The monoisotopic (exact) mass is 1480 g/mol. The quantitative estimate of drug-likeness (QED) is 0.0617. The molecular formula is C81H80F4N16O8. The largest absolute Gasteiger partial charge is 0.494 e. The number of carbonyl (C=O) groups excluding carboxylic acids is 6. The molecule has 4 aliphatic heterocycles. The molecule has 109 heavy (non-hydrogen) atoms. The third kappa shape index (κ3) is 14.8. The highest BCUT2D eigenvalue weighted by molar-refractivity contribution is 6.12. The minimum absolute atomic E-state index is 0.0465. The molecule has 16 rings (SSSR count). The van der Waals surface area contributed by atoms with E-state index in [1.807, 2.05) is 53.7 Å². The standard InChI is InChI=1S/C81H80F4N16O8/c1-108-73-33-65-55(28-67(73)90-77(104)52-26-57(81(83,84)85)32-58(82)27-52)44-100(94-65)60-13-8-47(9-14-60)43-97-21-17-51(61-4-3-5-63-64(61)39-89-41-72(63)99-23-19-76(103)93-80(99)107)31-70(97)69-30-50(49-10-15-62-53(25-49)37-88-40-71(62)98-22-18-75(102)92-79(98)106)16-20-96(69)42-46-6-11-59(12-7-46)101-45-56-29-68(74(109-2)34-66(56)95-101)91-78(105)54-24-48(35-86)36-87-38-54/h3-5,10,15,24-29,32-34,36-41,44-47,50-51,59-60,69-70H,6-9,11-14,16-23,30-31,42-43H2,1-2H3,(H,90,104)(H,91,105)(H,92,102,106)(H,93,103,107). The summed E-state index contributed by atoms with van der Waals surface area (Å²) >= 11 is 0. The summed E-state index contributed by atoms with van der Waals surface area (Å²) < 4.78 is 70.9. The molecule has 0 radical (unpaired) electrons. The fraction of sp³-hybridized carbons (Fsp3) is 0.383. The number of halogens is 4. The summed E-state index contributed by atoms with van der Waals surface area (Å²) in [4.78, 5) is 101. The van der Waals surface area contributed by atoms with Crippen molar-refractivity contribution in [2.24, 2.45) is 11.8 Å². The summed E-state index contributed by atoms with van der Waals surface area (Å²) in [5, 5.41) is 35.3. The molecule has 8 amide bonds. The first-order valence-electron chi connectivity index (χ1n) is 37.2. The Morgan fingerprint density at radius 3 is 1.69 bits per heavy atom. The van der Waals surface area contributed by atoms with Gasteiger partial charge in [-0.05, 0) is 167 Å². The van der Waals surface area contributed by atoms with Crippen LogP contribution >= 0.6 is 0 Å². The van der Waals surface area contributed by atoms with E-state index in [9.17, 15) is 51.6 Å². The Balaban J connectivity index is 0.688. The first kappa shape index (κ1) is 71.8. The molecule has 560 valence electrons. The van der Waals surface area contributed by atoms with Crippen molar-refractivity contribution in [2.75, 3.05) is 73.9 Å². The van der Waals surface area contributed by atoms with Gasteiger partial charge in [-0.1, -0.05) is 30.3 Å². The van der Waals surface area contributed by atoms with Crippen LogP contribution in [0.3, 0.4) is 0 Å². The lowest BCUT2D eigenvalue weighted by Crippen LogP contribution is -2.58. The lowest BCUT2D eigenvalue weighted by molar-refractivity contribution is -0.137. The van der Waals surface area contributed by atoms with E-state index in [4.69, 9.17) is 24.7 Å². The third-order valence-corrected chi connectivity index (χ3v) is 23.3. The lowest BCUT2D eigenvalue weighted by atomic mass is 9.75. The maximum atomic E-state index is 14.4. The van der Waals surface area contributed by atoms with Gasteiger partial charge in [0.2, 0.25) is 11.8 Å². The van der Waals surface area contributed by atoms with E-state index in [1.165, 1.54) is 36.7 Å². The van der Waals surface area contributed by atoms with E-state index in [0.717, 1.165) is 142 Å². The third-order valence-electron chi connectivity index (χ3n) is 23.3. The number of ether oxygens (including phenoxy) is 2. The number of imide groups is 2. The van der Waals surface area contributed by atoms with Crippen molar-refractivity contribution in [3.63, 3.8) is 0 Å². The fourth-order valence-electron chi connectivity index (χ4n) is 17.7. The SMILES string of the molecule is COc1cc2nn(C3CCC(CN4CCC(c5ccc6c(N7CCC(=O)NC7=O)cncc6c5)CC4C4CC(c5cccc6c(N7CCC(=O)NC7=O)cncc56)CCN4CC4CCC(n5cc6cc(NC(=O)c7cc(F)cc(C(F)(F)F)c7)c(OC)cc6n5)CC4)CC3)cc2cc1NC(=O)c1cncc(C#N)c1. The molecule has 4 atom stereocenters. The Kier molecular flexibility index (Phi) is 19.7. The number of anilines is 4. The van der Waals surface area contributed by atoms with E-state index >= 15 is 0 Å². The number of aromatic nitrogens is 7. The van der Waals surface area contributed by atoms with E-state index in [0.29, 0.717) is 57.7 Å². The molecule has 4 N–H and O–H groups in total. The number of carbonyl (C=O) groups is 6. The average molecular weight is 1480 g/mol. The number of rotatable bonds is 17. The van der Waals surface area contributed by atoms with Gasteiger partial charge in [0.05, 0.1) is 89.2 Å². The van der Waals surface area contributed by atoms with Gasteiger partial charge < -0.3 is 20.1 Å². The second kappa shape index (κ2) is 30.0. The summed E-state index contributed by atoms with van der Waals surface area (Å²) in [5.41, 5.74) is 4.41. The molecule has 6 fully saturated rings. The summed E-state index contributed by atoms with van der Waals surface area (Å²) in [5.74, 6) is -1.48. The molecule has 5 aromatic carbocycles. The van der Waals surface area contributed by atoms with Crippen LogP contribution in [0.25, 0.3) is 43.4 Å². The predicted octanol–water partition coefficient (Wildman–Crippen LogP) is 14.0. The molecular weight excluding hydrogens is 1400 g/mol. The summed E-state index contributed by atoms with van der Waals surface area (Å²) in [6.45, 7) is 3.95. The zero-order valence-electron chi connectivity index (χ0n) is 60.1. The number of nitrogens with zero attached hydrogens (tertiary/aromatic N) is 12. The number of hydrogen-bond donors (Lipinski definition) is 4. The fourth-order valence-corrected chi connectivity index (χ4v) is 17.7. The number of benzene rings is 5. The number of piperidine rings is 2. The van der Waals surface area contributed by atoms with Crippen LogP contribution in [0.4, 0.5) is 49.9 Å². The lowest BCUT2D eigenvalue weighted by Gasteiger charge is -2.52. The second-order valence-corrected chi connectivity index (χ2v) is 29.8. The van der Waals surface area contributed by atoms with E-state index in [2.05, 4.69) is 76.0 Å². The number of fused-ring (bicyclic) bond motifs is 4. The van der Waals surface area contributed by atoms with Crippen LogP contribution in [0.1, 0.15) is 157 Å². The molecule has 2 saturated carbocycles. The highest BCUT2D eigenvalue weighted by Crippen LogP contribution is 2.47. The minimum atomic E-state index is -4.86. The predicted molar refractivity (Wildman–Crippen MR) is 400 cm³/mol. The minimum Gasteiger partial charge on any atom is -0.494 e. The number of nitriles is 1. The van der Waals surface area contributed by atoms with Gasteiger partial charge in [0.15, 0.2) is 0 Å². The smallest absolute Gasteiger partial charge is 0.416 e. The van der Waals surface area contributed by atoms with Crippen LogP contribution in [0.5, 0.6) is 11.5 Å². The Bertz CT molecular complexity index is 5300. The second-order valence-electron chi connectivity index (χ2n) is 29.8. The van der Waals surface area contributed by atoms with E-state index in [-0.39, 0.29) is 96.3 Å². The van der Waals surface area contributed by atoms with Crippen molar-refractivity contribution in [3.8, 4) is 17.6 Å². The molecule has 9 heterocycles. The average Bonchev–Trinajstić information content (AvgIpc) is 1.48. The van der Waals surface area contributed by atoms with Gasteiger partial charge in [-0.15, -0.1) is 0 Å². The van der Waals surface area contributed by atoms with Crippen molar-refractivity contribution in [1.29, 1.82) is 5.26 Å². The number of amides is 8. The zero-order chi connectivity index (χ0) is 75.4. The highest BCUT2D eigenvalue weighted by atomic mass is 19.4. The van der Waals surface area contributed by atoms with Gasteiger partial charge in [-0.3, -0.25) is 73.7 Å². The van der Waals surface area contributed by atoms with Crippen molar-refractivity contribution >= 4 is 102 Å². The van der Waals surface area contributed by atoms with Gasteiger partial charge >= 0.3 is 18.2 Å². The maximum Gasteiger partial charge on any atom is 0.416 e. The normalized spacial score (nSPS) is 22.5. The molecule has 24 nitrogen and oxygen atoms in total.